The highest BCUT2D eigenvalue weighted by atomic mass is 32.1. The summed E-state index contributed by atoms with van der Waals surface area (Å²) in [5, 5.41) is 1.45. The minimum atomic E-state index is -0.152. The van der Waals surface area contributed by atoms with Gasteiger partial charge in [0.15, 0.2) is 5.11 Å². The predicted molar refractivity (Wildman–Crippen MR) is 149 cm³/mol. The Morgan fingerprint density at radius 3 is 2.64 bits per heavy atom. The van der Waals surface area contributed by atoms with Crippen molar-refractivity contribution in [3.8, 4) is 0 Å². The molecule has 2 aliphatic rings. The summed E-state index contributed by atoms with van der Waals surface area (Å²) in [4.78, 5) is 32.1. The second-order valence-electron chi connectivity index (χ2n) is 9.94. The van der Waals surface area contributed by atoms with Crippen LogP contribution in [0.2, 0.25) is 0 Å². The van der Waals surface area contributed by atoms with Crippen LogP contribution in [-0.2, 0) is 16.1 Å². The van der Waals surface area contributed by atoms with Gasteiger partial charge in [-0.1, -0.05) is 24.3 Å². The molecule has 0 aliphatic carbocycles. The normalized spacial score (nSPS) is 19.7. The number of hydrogen-bond acceptors (Lipinski definition) is 3. The Morgan fingerprint density at radius 1 is 1.11 bits per heavy atom. The van der Waals surface area contributed by atoms with Crippen molar-refractivity contribution in [3.05, 3.63) is 71.0 Å². The lowest BCUT2D eigenvalue weighted by Crippen LogP contribution is -2.43. The van der Waals surface area contributed by atoms with Crippen LogP contribution >= 0.6 is 12.2 Å². The lowest BCUT2D eigenvalue weighted by molar-refractivity contribution is -0.135. The molecule has 186 valence electrons. The number of carbonyl (C=O) groups excluding carboxylic acids is 2. The molecule has 2 amide bonds. The fourth-order valence-electron chi connectivity index (χ4n) is 5.22. The molecule has 0 bridgehead atoms. The third-order valence-electron chi connectivity index (χ3n) is 7.55. The monoisotopic (exact) mass is 500 g/mol. The van der Waals surface area contributed by atoms with Gasteiger partial charge in [-0.2, -0.15) is 0 Å². The Labute approximate surface area is 217 Å². The third-order valence-corrected chi connectivity index (χ3v) is 8.01. The van der Waals surface area contributed by atoms with Crippen molar-refractivity contribution < 1.29 is 9.59 Å². The smallest absolute Gasteiger partial charge is 0.281 e. The molecule has 7 heteroatoms. The van der Waals surface area contributed by atoms with E-state index in [2.05, 4.69) is 6.92 Å². The maximum absolute atomic E-state index is 13.6. The van der Waals surface area contributed by atoms with E-state index in [0.717, 1.165) is 47.1 Å². The van der Waals surface area contributed by atoms with Gasteiger partial charge < -0.3 is 14.4 Å². The first-order chi connectivity index (χ1) is 17.3. The van der Waals surface area contributed by atoms with Crippen molar-refractivity contribution in [2.75, 3.05) is 18.5 Å². The number of likely N-dealkylation sites (N-methyl/N-ethyl adjacent to an activating group) is 1. The zero-order chi connectivity index (χ0) is 25.6. The van der Waals surface area contributed by atoms with Crippen molar-refractivity contribution in [3.63, 3.8) is 0 Å². The number of aryl methyl sites for hydroxylation is 2. The molecule has 6 nitrogen and oxygen atoms in total. The molecule has 0 spiro atoms. The Kier molecular flexibility index (Phi) is 6.43. The topological polar surface area (TPSA) is 48.8 Å². The zero-order valence-electron chi connectivity index (χ0n) is 21.3. The first kappa shape index (κ1) is 24.3. The number of aromatic nitrogens is 1. The van der Waals surface area contributed by atoms with E-state index in [4.69, 9.17) is 12.2 Å². The molecule has 2 saturated heterocycles. The van der Waals surface area contributed by atoms with E-state index in [1.54, 1.807) is 9.80 Å². The lowest BCUT2D eigenvalue weighted by atomic mass is 10.0. The first-order valence-electron chi connectivity index (χ1n) is 12.5. The van der Waals surface area contributed by atoms with Crippen LogP contribution in [0.1, 0.15) is 42.9 Å². The quantitative estimate of drug-likeness (QED) is 0.362. The fourth-order valence-corrected chi connectivity index (χ4v) is 5.51. The van der Waals surface area contributed by atoms with E-state index in [0.29, 0.717) is 10.8 Å². The fraction of sp³-hybridized carbons (Fsp3) is 0.345. The number of nitrogens with zero attached hydrogens (tertiary/aromatic N) is 4. The van der Waals surface area contributed by atoms with Gasteiger partial charge in [0.25, 0.3) is 5.91 Å². The lowest BCUT2D eigenvalue weighted by Gasteiger charge is -2.33. The average molecular weight is 501 g/mol. The Balaban J connectivity index is 1.49. The molecule has 2 aliphatic heterocycles. The van der Waals surface area contributed by atoms with Crippen LogP contribution in [0.25, 0.3) is 17.0 Å². The summed E-state index contributed by atoms with van der Waals surface area (Å²) in [5.41, 5.74) is 5.43. The van der Waals surface area contributed by atoms with Crippen molar-refractivity contribution >= 4 is 51.8 Å². The van der Waals surface area contributed by atoms with Gasteiger partial charge in [0, 0.05) is 42.3 Å². The van der Waals surface area contributed by atoms with Crippen molar-refractivity contribution in [2.24, 2.45) is 0 Å². The predicted octanol–water partition coefficient (Wildman–Crippen LogP) is 5.26. The molecule has 36 heavy (non-hydrogen) atoms. The van der Waals surface area contributed by atoms with Crippen LogP contribution in [0.4, 0.5) is 5.69 Å². The van der Waals surface area contributed by atoms with E-state index >= 15 is 0 Å². The van der Waals surface area contributed by atoms with E-state index in [1.807, 2.05) is 85.1 Å². The van der Waals surface area contributed by atoms with Crippen LogP contribution in [-0.4, -0.2) is 50.9 Å². The Morgan fingerprint density at radius 2 is 1.89 bits per heavy atom. The highest BCUT2D eigenvalue weighted by molar-refractivity contribution is 7.80. The van der Waals surface area contributed by atoms with Crippen molar-refractivity contribution in [1.29, 1.82) is 0 Å². The van der Waals surface area contributed by atoms with Gasteiger partial charge in [-0.3, -0.25) is 14.5 Å². The molecule has 5 rings (SSSR count). The maximum atomic E-state index is 13.6. The van der Waals surface area contributed by atoms with E-state index in [-0.39, 0.29) is 24.4 Å². The number of anilines is 1. The number of carbonyl (C=O) groups is 2. The molecule has 0 radical (unpaired) electrons. The minimum Gasteiger partial charge on any atom is -0.338 e. The van der Waals surface area contributed by atoms with E-state index in [1.165, 1.54) is 12.0 Å². The second kappa shape index (κ2) is 9.54. The Hall–Kier alpha value is -3.45. The van der Waals surface area contributed by atoms with E-state index < -0.39 is 0 Å². The van der Waals surface area contributed by atoms with Crippen molar-refractivity contribution in [1.82, 2.24) is 14.4 Å². The third kappa shape index (κ3) is 4.22. The summed E-state index contributed by atoms with van der Waals surface area (Å²) in [6, 6.07) is 14.2. The Bertz CT molecular complexity index is 1410. The van der Waals surface area contributed by atoms with E-state index in [9.17, 15) is 9.59 Å². The number of likely N-dealkylation sites (tertiary alicyclic amines) is 1. The number of hydrogen-bond donors (Lipinski definition) is 0. The highest BCUT2D eigenvalue weighted by Gasteiger charge is 2.37. The highest BCUT2D eigenvalue weighted by Crippen LogP contribution is 2.31. The molecule has 0 N–H and O–H groups in total. The summed E-state index contributed by atoms with van der Waals surface area (Å²) < 4.78 is 2.00. The standard InChI is InChI=1S/C29H32N4O2S/c1-19-12-13-23(15-20(19)2)33-28(35)26(30(4)29(33)36)16-22-17-31(25-11-6-5-10-24(22)25)18-27(34)32-14-8-7-9-21(32)3/h5-6,10-13,15-17,21H,7-9,14,18H2,1-4H3/b26-16-/t21-/m1/s1. The first-order valence-corrected chi connectivity index (χ1v) is 13.0. The number of fused-ring (bicyclic) bond motifs is 1. The molecule has 2 fully saturated rings. The van der Waals surface area contributed by atoms with Gasteiger partial charge in [-0.05, 0) is 87.7 Å². The zero-order valence-corrected chi connectivity index (χ0v) is 22.1. The van der Waals surface area contributed by atoms with Crippen LogP contribution in [0.3, 0.4) is 0 Å². The van der Waals surface area contributed by atoms with Gasteiger partial charge in [-0.25, -0.2) is 0 Å². The van der Waals surface area contributed by atoms with Gasteiger partial charge >= 0.3 is 0 Å². The SMILES string of the molecule is Cc1ccc(N2C(=O)/C(=C/c3cn(CC(=O)N4CCCC[C@H]4C)c4ccccc34)N(C)C2=S)cc1C. The molecule has 1 aromatic heterocycles. The van der Waals surface area contributed by atoms with Gasteiger partial charge in [0.1, 0.15) is 12.2 Å². The molecule has 1 atom stereocenters. The number of amides is 2. The molecular weight excluding hydrogens is 468 g/mol. The van der Waals surface area contributed by atoms with Crippen LogP contribution in [0.15, 0.2) is 54.4 Å². The molecule has 2 aromatic carbocycles. The van der Waals surface area contributed by atoms with Crippen LogP contribution in [0, 0.1) is 13.8 Å². The summed E-state index contributed by atoms with van der Waals surface area (Å²) in [7, 11) is 1.83. The average Bonchev–Trinajstić information content (AvgIpc) is 3.31. The summed E-state index contributed by atoms with van der Waals surface area (Å²) in [6.45, 7) is 7.31. The molecule has 0 unspecified atom stereocenters. The van der Waals surface area contributed by atoms with Crippen molar-refractivity contribution in [2.45, 2.75) is 52.6 Å². The van der Waals surface area contributed by atoms with Crippen LogP contribution in [0.5, 0.6) is 0 Å². The largest absolute Gasteiger partial charge is 0.338 e. The maximum Gasteiger partial charge on any atom is 0.281 e. The molecule has 3 heterocycles. The van der Waals surface area contributed by atoms with Gasteiger partial charge in [-0.15, -0.1) is 0 Å². The second-order valence-corrected chi connectivity index (χ2v) is 10.3. The van der Waals surface area contributed by atoms with Gasteiger partial charge in [0.2, 0.25) is 5.91 Å². The number of thiocarbonyl (C=S) groups is 1. The summed E-state index contributed by atoms with van der Waals surface area (Å²) in [5.74, 6) is -0.0147. The molecule has 0 saturated carbocycles. The number of rotatable bonds is 4. The summed E-state index contributed by atoms with van der Waals surface area (Å²) >= 11 is 5.67. The molecule has 3 aromatic rings. The van der Waals surface area contributed by atoms with Crippen LogP contribution < -0.4 is 4.90 Å². The van der Waals surface area contributed by atoms with Gasteiger partial charge in [0.05, 0.1) is 5.69 Å². The number of benzene rings is 2. The number of piperidine rings is 1. The number of para-hydroxylation sites is 1. The molecular formula is C29H32N4O2S. The summed E-state index contributed by atoms with van der Waals surface area (Å²) in [6.07, 6.45) is 7.17. The minimum absolute atomic E-state index is 0.137.